The maximum absolute atomic E-state index is 2.36. The number of fused-ring (bicyclic) bond motifs is 4. The van der Waals surface area contributed by atoms with Gasteiger partial charge in [0.05, 0.1) is 0 Å². The third-order valence-corrected chi connectivity index (χ3v) is 9.43. The first-order valence-corrected chi connectivity index (χ1v) is 15.9. The van der Waals surface area contributed by atoms with Crippen molar-refractivity contribution in [2.45, 2.75) is 0 Å². The molecule has 0 nitrogen and oxygen atoms in total. The molecule has 9 rings (SSSR count). The van der Waals surface area contributed by atoms with Crippen molar-refractivity contribution in [3.8, 4) is 44.5 Å². The zero-order valence-electron chi connectivity index (χ0n) is 25.3. The van der Waals surface area contributed by atoms with Gasteiger partial charge in [-0.15, -0.1) is 0 Å². The van der Waals surface area contributed by atoms with E-state index in [1.165, 1.54) is 87.6 Å². The zero-order chi connectivity index (χ0) is 30.5. The largest absolute Gasteiger partial charge is 0.0622 e. The van der Waals surface area contributed by atoms with Gasteiger partial charge in [0.2, 0.25) is 0 Å². The maximum atomic E-state index is 2.36. The van der Waals surface area contributed by atoms with Crippen LogP contribution in [0.2, 0.25) is 0 Å². The van der Waals surface area contributed by atoms with E-state index in [9.17, 15) is 0 Å². The zero-order valence-corrected chi connectivity index (χ0v) is 25.3. The van der Waals surface area contributed by atoms with Gasteiger partial charge in [0, 0.05) is 0 Å². The molecule has 9 aromatic rings. The fourth-order valence-corrected chi connectivity index (χ4v) is 7.24. The number of hydrogen-bond acceptors (Lipinski definition) is 0. The Bertz CT molecular complexity index is 2560. The van der Waals surface area contributed by atoms with Gasteiger partial charge in [-0.2, -0.15) is 0 Å². The molecule has 0 saturated carbocycles. The molecular weight excluding hydrogens is 553 g/mol. The van der Waals surface area contributed by atoms with Gasteiger partial charge in [-0.1, -0.05) is 170 Å². The van der Waals surface area contributed by atoms with E-state index in [2.05, 4.69) is 182 Å². The van der Waals surface area contributed by atoms with Crippen molar-refractivity contribution in [1.29, 1.82) is 0 Å². The summed E-state index contributed by atoms with van der Waals surface area (Å²) in [6.07, 6.45) is 0. The minimum Gasteiger partial charge on any atom is -0.0622 e. The van der Waals surface area contributed by atoms with Crippen molar-refractivity contribution < 1.29 is 0 Å². The fourth-order valence-electron chi connectivity index (χ4n) is 7.24. The summed E-state index contributed by atoms with van der Waals surface area (Å²) in [5.41, 5.74) is 9.95. The average molecular weight is 583 g/mol. The lowest BCUT2D eigenvalue weighted by atomic mass is 9.82. The lowest BCUT2D eigenvalue weighted by Crippen LogP contribution is -1.93. The molecule has 0 heterocycles. The summed E-state index contributed by atoms with van der Waals surface area (Å²) >= 11 is 0. The third-order valence-electron chi connectivity index (χ3n) is 9.43. The second kappa shape index (κ2) is 10.9. The van der Waals surface area contributed by atoms with Crippen molar-refractivity contribution in [3.63, 3.8) is 0 Å². The Morgan fingerprint density at radius 3 is 1.35 bits per heavy atom. The van der Waals surface area contributed by atoms with Crippen LogP contribution < -0.4 is 0 Å². The van der Waals surface area contributed by atoms with Gasteiger partial charge in [-0.05, 0) is 99.7 Å². The van der Waals surface area contributed by atoms with Crippen molar-refractivity contribution in [2.24, 2.45) is 0 Å². The first-order chi connectivity index (χ1) is 22.8. The number of benzene rings is 9. The van der Waals surface area contributed by atoms with Crippen LogP contribution in [0.25, 0.3) is 87.6 Å². The van der Waals surface area contributed by atoms with Crippen LogP contribution in [0.4, 0.5) is 0 Å². The normalized spacial score (nSPS) is 11.5. The molecule has 0 aliphatic rings. The van der Waals surface area contributed by atoms with Gasteiger partial charge in [0.25, 0.3) is 0 Å². The molecule has 214 valence electrons. The van der Waals surface area contributed by atoms with Crippen LogP contribution in [-0.2, 0) is 0 Å². The SMILES string of the molecule is c1ccc(-c2ccc(-c3cccc4c(-c5ccc6ccccc6c5)c5ccccc5c(-c5ccc6ccccc6c5)c34)cc2)cc1. The predicted molar refractivity (Wildman–Crippen MR) is 198 cm³/mol. The Hall–Kier alpha value is -5.98. The van der Waals surface area contributed by atoms with Crippen LogP contribution in [0.3, 0.4) is 0 Å². The molecule has 0 spiro atoms. The smallest absolute Gasteiger partial charge is 0.00141 e. The Kier molecular flexibility index (Phi) is 6.25. The number of rotatable bonds is 4. The van der Waals surface area contributed by atoms with E-state index in [-0.39, 0.29) is 0 Å². The quantitative estimate of drug-likeness (QED) is 0.181. The van der Waals surface area contributed by atoms with Crippen LogP contribution in [0.15, 0.2) is 182 Å². The molecule has 9 aromatic carbocycles. The molecule has 0 aliphatic carbocycles. The Labute approximate surface area is 268 Å². The minimum absolute atomic E-state index is 1.21. The van der Waals surface area contributed by atoms with Gasteiger partial charge in [-0.3, -0.25) is 0 Å². The standard InChI is InChI=1S/C46H30/c1-2-11-31(12-3-1)34-21-25-35(26-22-34)40-19-10-20-43-44(38-27-23-32-13-4-6-15-36(32)29-38)41-17-8-9-18-42(41)45(46(40)43)39-28-24-33-14-5-7-16-37(33)30-39/h1-30H. The first kappa shape index (κ1) is 26.4. The highest BCUT2D eigenvalue weighted by molar-refractivity contribution is 6.25. The van der Waals surface area contributed by atoms with Crippen molar-refractivity contribution in [1.82, 2.24) is 0 Å². The van der Waals surface area contributed by atoms with Gasteiger partial charge in [-0.25, -0.2) is 0 Å². The summed E-state index contributed by atoms with van der Waals surface area (Å²) < 4.78 is 0. The van der Waals surface area contributed by atoms with E-state index in [1.54, 1.807) is 0 Å². The summed E-state index contributed by atoms with van der Waals surface area (Å²) in [6, 6.07) is 66.6. The van der Waals surface area contributed by atoms with Crippen molar-refractivity contribution in [3.05, 3.63) is 182 Å². The summed E-state index contributed by atoms with van der Waals surface area (Å²) in [7, 11) is 0. The molecule has 0 aromatic heterocycles. The van der Waals surface area contributed by atoms with Gasteiger partial charge in [0.1, 0.15) is 0 Å². The van der Waals surface area contributed by atoms with Gasteiger partial charge >= 0.3 is 0 Å². The fraction of sp³-hybridized carbons (Fsp3) is 0. The molecule has 0 fully saturated rings. The predicted octanol–water partition coefficient (Wildman–Crippen LogP) is 13.0. The second-order valence-corrected chi connectivity index (χ2v) is 12.1. The molecule has 0 atom stereocenters. The van der Waals surface area contributed by atoms with E-state index in [4.69, 9.17) is 0 Å². The summed E-state index contributed by atoms with van der Waals surface area (Å²) in [5.74, 6) is 0. The van der Waals surface area contributed by atoms with Crippen LogP contribution in [0, 0.1) is 0 Å². The molecule has 46 heavy (non-hydrogen) atoms. The third kappa shape index (κ3) is 4.38. The van der Waals surface area contributed by atoms with Gasteiger partial charge < -0.3 is 0 Å². The maximum Gasteiger partial charge on any atom is -0.00141 e. The molecule has 0 amide bonds. The highest BCUT2D eigenvalue weighted by atomic mass is 14.2. The van der Waals surface area contributed by atoms with E-state index in [1.807, 2.05) is 0 Å². The topological polar surface area (TPSA) is 0 Å². The summed E-state index contributed by atoms with van der Waals surface area (Å²) in [4.78, 5) is 0. The lowest BCUT2D eigenvalue weighted by Gasteiger charge is -2.21. The van der Waals surface area contributed by atoms with E-state index >= 15 is 0 Å². The average Bonchev–Trinajstić information content (AvgIpc) is 3.13. The molecule has 0 radical (unpaired) electrons. The molecular formula is C46H30. The summed E-state index contributed by atoms with van der Waals surface area (Å²) in [5, 5.41) is 10.1. The van der Waals surface area contributed by atoms with Crippen molar-refractivity contribution in [2.75, 3.05) is 0 Å². The minimum atomic E-state index is 1.21. The molecule has 0 heteroatoms. The molecule has 0 saturated heterocycles. The first-order valence-electron chi connectivity index (χ1n) is 15.9. The molecule has 0 aliphatic heterocycles. The highest BCUT2D eigenvalue weighted by Gasteiger charge is 2.20. The van der Waals surface area contributed by atoms with E-state index in [0.717, 1.165) is 0 Å². The van der Waals surface area contributed by atoms with Crippen molar-refractivity contribution >= 4 is 43.1 Å². The highest BCUT2D eigenvalue weighted by Crippen LogP contribution is 2.47. The van der Waals surface area contributed by atoms with Crippen LogP contribution in [0.1, 0.15) is 0 Å². The Balaban J connectivity index is 1.39. The monoisotopic (exact) mass is 582 g/mol. The van der Waals surface area contributed by atoms with E-state index < -0.39 is 0 Å². The number of hydrogen-bond donors (Lipinski definition) is 0. The summed E-state index contributed by atoms with van der Waals surface area (Å²) in [6.45, 7) is 0. The molecule has 0 bridgehead atoms. The molecule has 0 unspecified atom stereocenters. The van der Waals surface area contributed by atoms with E-state index in [0.29, 0.717) is 0 Å². The lowest BCUT2D eigenvalue weighted by molar-refractivity contribution is 1.60. The second-order valence-electron chi connectivity index (χ2n) is 12.1. The molecule has 0 N–H and O–H groups in total. The Morgan fingerprint density at radius 2 is 0.696 bits per heavy atom. The van der Waals surface area contributed by atoms with Gasteiger partial charge in [0.15, 0.2) is 0 Å². The van der Waals surface area contributed by atoms with Crippen LogP contribution >= 0.6 is 0 Å². The van der Waals surface area contributed by atoms with Crippen LogP contribution in [0.5, 0.6) is 0 Å². The Morgan fingerprint density at radius 1 is 0.239 bits per heavy atom. The van der Waals surface area contributed by atoms with Crippen LogP contribution in [-0.4, -0.2) is 0 Å².